The molecule has 1 aromatic rings. The lowest BCUT2D eigenvalue weighted by atomic mass is 9.79. The molecule has 0 aromatic carbocycles. The van der Waals surface area contributed by atoms with E-state index >= 15 is 0 Å². The van der Waals surface area contributed by atoms with Crippen molar-refractivity contribution in [2.24, 2.45) is 11.8 Å². The molecule has 2 rings (SSSR count). The van der Waals surface area contributed by atoms with Crippen LogP contribution in [0.25, 0.3) is 0 Å². The zero-order valence-corrected chi connectivity index (χ0v) is 12.3. The van der Waals surface area contributed by atoms with Crippen LogP contribution in [0.5, 0.6) is 0 Å². The number of hydrogen-bond donors (Lipinski definition) is 1. The first-order valence-corrected chi connectivity index (χ1v) is 7.70. The van der Waals surface area contributed by atoms with E-state index in [0.29, 0.717) is 12.1 Å². The molecule has 1 N–H and O–H groups in total. The van der Waals surface area contributed by atoms with Crippen LogP contribution in [-0.2, 0) is 0 Å². The average molecular weight is 251 g/mol. The standard InChI is InChI=1S/C15H25NS/c1-10-5-7-14(11(2)9-10)16-13(4)15-8-6-12(3)17-15/h6,8,10-11,13-14,16H,5,7,9H2,1-4H3. The van der Waals surface area contributed by atoms with E-state index in [4.69, 9.17) is 0 Å². The lowest BCUT2D eigenvalue weighted by Gasteiger charge is -2.35. The van der Waals surface area contributed by atoms with Gasteiger partial charge < -0.3 is 5.32 Å². The summed E-state index contributed by atoms with van der Waals surface area (Å²) in [5, 5.41) is 3.83. The molecule has 96 valence electrons. The third-order valence-electron chi connectivity index (χ3n) is 4.08. The molecule has 4 atom stereocenters. The highest BCUT2D eigenvalue weighted by Crippen LogP contribution is 2.31. The van der Waals surface area contributed by atoms with Crippen molar-refractivity contribution < 1.29 is 0 Å². The summed E-state index contributed by atoms with van der Waals surface area (Å²) in [6.07, 6.45) is 4.11. The van der Waals surface area contributed by atoms with Crippen LogP contribution < -0.4 is 5.32 Å². The van der Waals surface area contributed by atoms with Gasteiger partial charge in [0.1, 0.15) is 0 Å². The van der Waals surface area contributed by atoms with Crippen molar-refractivity contribution in [1.29, 1.82) is 0 Å². The van der Waals surface area contributed by atoms with Crippen molar-refractivity contribution in [2.45, 2.75) is 59.0 Å². The van der Waals surface area contributed by atoms with E-state index in [0.717, 1.165) is 11.8 Å². The fourth-order valence-corrected chi connectivity index (χ4v) is 3.89. The van der Waals surface area contributed by atoms with E-state index in [2.05, 4.69) is 45.1 Å². The van der Waals surface area contributed by atoms with E-state index in [9.17, 15) is 0 Å². The molecular formula is C15H25NS. The van der Waals surface area contributed by atoms with E-state index in [1.807, 2.05) is 11.3 Å². The van der Waals surface area contributed by atoms with Crippen molar-refractivity contribution in [3.63, 3.8) is 0 Å². The smallest absolute Gasteiger partial charge is 0.0388 e. The second kappa shape index (κ2) is 5.53. The first-order chi connectivity index (χ1) is 8.06. The predicted molar refractivity (Wildman–Crippen MR) is 76.6 cm³/mol. The number of rotatable bonds is 3. The van der Waals surface area contributed by atoms with Gasteiger partial charge in [-0.25, -0.2) is 0 Å². The van der Waals surface area contributed by atoms with Crippen molar-refractivity contribution in [2.75, 3.05) is 0 Å². The van der Waals surface area contributed by atoms with Gasteiger partial charge in [0, 0.05) is 21.8 Å². The first kappa shape index (κ1) is 13.1. The number of nitrogens with one attached hydrogen (secondary N) is 1. The molecule has 0 spiro atoms. The Kier molecular flexibility index (Phi) is 4.26. The molecule has 1 aliphatic carbocycles. The van der Waals surface area contributed by atoms with Crippen LogP contribution in [-0.4, -0.2) is 6.04 Å². The van der Waals surface area contributed by atoms with Crippen molar-refractivity contribution >= 4 is 11.3 Å². The third kappa shape index (κ3) is 3.32. The van der Waals surface area contributed by atoms with Crippen LogP contribution >= 0.6 is 11.3 Å². The summed E-state index contributed by atoms with van der Waals surface area (Å²) < 4.78 is 0. The summed E-state index contributed by atoms with van der Waals surface area (Å²) in [6, 6.07) is 5.72. The largest absolute Gasteiger partial charge is 0.306 e. The fraction of sp³-hybridized carbons (Fsp3) is 0.733. The van der Waals surface area contributed by atoms with Gasteiger partial charge in [-0.15, -0.1) is 11.3 Å². The maximum absolute atomic E-state index is 3.83. The summed E-state index contributed by atoms with van der Waals surface area (Å²) in [5.74, 6) is 1.74. The van der Waals surface area contributed by atoms with Crippen molar-refractivity contribution in [3.05, 3.63) is 21.9 Å². The third-order valence-corrected chi connectivity index (χ3v) is 5.27. The summed E-state index contributed by atoms with van der Waals surface area (Å²) >= 11 is 1.92. The maximum atomic E-state index is 3.83. The minimum Gasteiger partial charge on any atom is -0.306 e. The Balaban J connectivity index is 1.92. The topological polar surface area (TPSA) is 12.0 Å². The average Bonchev–Trinajstić information content (AvgIpc) is 2.69. The molecule has 0 aliphatic heterocycles. The normalized spacial score (nSPS) is 31.4. The summed E-state index contributed by atoms with van der Waals surface area (Å²) in [4.78, 5) is 2.90. The molecule has 0 radical (unpaired) electrons. The van der Waals surface area contributed by atoms with Crippen LogP contribution in [0.2, 0.25) is 0 Å². The van der Waals surface area contributed by atoms with Crippen LogP contribution in [0.4, 0.5) is 0 Å². The van der Waals surface area contributed by atoms with E-state index < -0.39 is 0 Å². The molecule has 1 fully saturated rings. The number of hydrogen-bond acceptors (Lipinski definition) is 2. The van der Waals surface area contributed by atoms with Gasteiger partial charge in [-0.05, 0) is 57.1 Å². The fourth-order valence-electron chi connectivity index (χ4n) is 3.00. The van der Waals surface area contributed by atoms with Crippen LogP contribution in [0.3, 0.4) is 0 Å². The molecule has 1 aromatic heterocycles. The van der Waals surface area contributed by atoms with Gasteiger partial charge in [0.05, 0.1) is 0 Å². The molecule has 17 heavy (non-hydrogen) atoms. The van der Waals surface area contributed by atoms with Gasteiger partial charge in [0.2, 0.25) is 0 Å². The van der Waals surface area contributed by atoms with Gasteiger partial charge in [-0.3, -0.25) is 0 Å². The van der Waals surface area contributed by atoms with E-state index in [-0.39, 0.29) is 0 Å². The molecule has 1 aliphatic rings. The second-order valence-corrected chi connectivity index (χ2v) is 7.16. The molecule has 0 amide bonds. The van der Waals surface area contributed by atoms with Gasteiger partial charge in [0.15, 0.2) is 0 Å². The predicted octanol–water partition coefficient (Wildman–Crippen LogP) is 4.53. The van der Waals surface area contributed by atoms with E-state index in [1.54, 1.807) is 0 Å². The highest BCUT2D eigenvalue weighted by Gasteiger charge is 2.26. The van der Waals surface area contributed by atoms with Gasteiger partial charge >= 0.3 is 0 Å². The minimum atomic E-state index is 0.509. The quantitative estimate of drug-likeness (QED) is 0.832. The van der Waals surface area contributed by atoms with Crippen LogP contribution in [0, 0.1) is 18.8 Å². The van der Waals surface area contributed by atoms with Gasteiger partial charge in [-0.1, -0.05) is 13.8 Å². The van der Waals surface area contributed by atoms with Crippen molar-refractivity contribution in [1.82, 2.24) is 5.32 Å². The number of thiophene rings is 1. The lowest BCUT2D eigenvalue weighted by Crippen LogP contribution is -2.40. The molecule has 1 nitrogen and oxygen atoms in total. The Labute approximate surface area is 110 Å². The molecule has 1 heterocycles. The Morgan fingerprint density at radius 3 is 2.65 bits per heavy atom. The highest BCUT2D eigenvalue weighted by molar-refractivity contribution is 7.12. The molecular weight excluding hydrogens is 226 g/mol. The first-order valence-electron chi connectivity index (χ1n) is 6.88. The number of aryl methyl sites for hydroxylation is 1. The zero-order chi connectivity index (χ0) is 12.4. The molecule has 2 heteroatoms. The Hall–Kier alpha value is -0.340. The van der Waals surface area contributed by atoms with E-state index in [1.165, 1.54) is 29.0 Å². The molecule has 1 saturated carbocycles. The monoisotopic (exact) mass is 251 g/mol. The SMILES string of the molecule is Cc1ccc(C(C)NC2CCC(C)CC2C)s1. The highest BCUT2D eigenvalue weighted by atomic mass is 32.1. The Morgan fingerprint density at radius 2 is 2.06 bits per heavy atom. The zero-order valence-electron chi connectivity index (χ0n) is 11.5. The summed E-state index contributed by atoms with van der Waals surface area (Å²) in [5.41, 5.74) is 0. The molecule has 4 unspecified atom stereocenters. The summed E-state index contributed by atoms with van der Waals surface area (Å²) in [6.45, 7) is 9.28. The van der Waals surface area contributed by atoms with Gasteiger partial charge in [0.25, 0.3) is 0 Å². The maximum Gasteiger partial charge on any atom is 0.0388 e. The van der Waals surface area contributed by atoms with Gasteiger partial charge in [-0.2, -0.15) is 0 Å². The summed E-state index contributed by atoms with van der Waals surface area (Å²) in [7, 11) is 0. The van der Waals surface area contributed by atoms with Crippen LogP contribution in [0.15, 0.2) is 12.1 Å². The lowest BCUT2D eigenvalue weighted by molar-refractivity contribution is 0.217. The van der Waals surface area contributed by atoms with Crippen LogP contribution in [0.1, 0.15) is 55.8 Å². The second-order valence-electron chi connectivity index (χ2n) is 5.84. The molecule has 0 bridgehead atoms. The minimum absolute atomic E-state index is 0.509. The Bertz CT molecular complexity index is 358. The van der Waals surface area contributed by atoms with Crippen molar-refractivity contribution in [3.8, 4) is 0 Å². The molecule has 0 saturated heterocycles. The Morgan fingerprint density at radius 1 is 1.29 bits per heavy atom.